The Kier molecular flexibility index (Phi) is 2.21. The summed E-state index contributed by atoms with van der Waals surface area (Å²) in [4.78, 5) is 13.9. The molecule has 48 valence electrons. The van der Waals surface area contributed by atoms with E-state index in [4.69, 9.17) is 0 Å². The molecule has 0 saturated heterocycles. The van der Waals surface area contributed by atoms with Crippen LogP contribution in [0.5, 0.6) is 0 Å². The molecule has 0 aliphatic rings. The number of carbonyl (C=O) groups excluding carboxylic acids is 1. The smallest absolute Gasteiger partial charge is 0.127 e. The van der Waals surface area contributed by atoms with Crippen molar-refractivity contribution in [1.82, 2.24) is 7.76 Å². The Bertz CT molecular complexity index is 208. The average molecular weight is 236 g/mol. The van der Waals surface area contributed by atoms with E-state index in [2.05, 4.69) is 27.8 Å². The van der Waals surface area contributed by atoms with Crippen molar-refractivity contribution in [3.05, 3.63) is 18.2 Å². The first-order valence-corrected chi connectivity index (χ1v) is 3.43. The largest absolute Gasteiger partial charge is 0.303 e. The van der Waals surface area contributed by atoms with Crippen LogP contribution < -0.4 is 0 Å². The van der Waals surface area contributed by atoms with Crippen molar-refractivity contribution in [3.8, 4) is 0 Å². The van der Waals surface area contributed by atoms with Crippen molar-refractivity contribution in [2.75, 3.05) is 0 Å². The molecule has 1 heterocycles. The van der Waals surface area contributed by atoms with Crippen LogP contribution in [-0.2, 0) is 11.2 Å². The molecule has 0 unspecified atom stereocenters. The minimum atomic E-state index is 0.399. The molecule has 4 heteroatoms. The van der Waals surface area contributed by atoms with Crippen LogP contribution in [0.25, 0.3) is 0 Å². The van der Waals surface area contributed by atoms with Gasteiger partial charge in [-0.05, 0) is 0 Å². The van der Waals surface area contributed by atoms with Crippen LogP contribution in [0.4, 0.5) is 0 Å². The Morgan fingerprint density at radius 2 is 2.67 bits per heavy atom. The predicted molar refractivity (Wildman–Crippen MR) is 41.4 cm³/mol. The summed E-state index contributed by atoms with van der Waals surface area (Å²) in [5.74, 6) is 0.797. The molecule has 9 heavy (non-hydrogen) atoms. The Morgan fingerprint density at radius 1 is 1.89 bits per heavy atom. The van der Waals surface area contributed by atoms with Crippen molar-refractivity contribution in [2.24, 2.45) is 0 Å². The fourth-order valence-corrected chi connectivity index (χ4v) is 0.999. The van der Waals surface area contributed by atoms with E-state index >= 15 is 0 Å². The lowest BCUT2D eigenvalue weighted by atomic mass is 10.5. The number of hydrogen-bond donors (Lipinski definition) is 0. The molecule has 1 rings (SSSR count). The van der Waals surface area contributed by atoms with E-state index in [1.807, 2.05) is 0 Å². The highest BCUT2D eigenvalue weighted by Gasteiger charge is 1.95. The van der Waals surface area contributed by atoms with E-state index in [-0.39, 0.29) is 0 Å². The summed E-state index contributed by atoms with van der Waals surface area (Å²) >= 11 is 2.07. The van der Waals surface area contributed by atoms with Gasteiger partial charge >= 0.3 is 0 Å². The summed E-state index contributed by atoms with van der Waals surface area (Å²) in [5.41, 5.74) is 0. The van der Waals surface area contributed by atoms with Crippen LogP contribution in [0, 0.1) is 0 Å². The second-order valence-electron chi connectivity index (χ2n) is 1.53. The zero-order valence-electron chi connectivity index (χ0n) is 4.62. The van der Waals surface area contributed by atoms with Crippen LogP contribution in [-0.4, -0.2) is 14.1 Å². The van der Waals surface area contributed by atoms with Gasteiger partial charge in [-0.15, -0.1) is 0 Å². The lowest BCUT2D eigenvalue weighted by Gasteiger charge is -1.89. The maximum absolute atomic E-state index is 9.97. The van der Waals surface area contributed by atoms with E-state index < -0.39 is 0 Å². The fraction of sp³-hybridized carbons (Fsp3) is 0.200. The lowest BCUT2D eigenvalue weighted by molar-refractivity contribution is -0.107. The van der Waals surface area contributed by atoms with Gasteiger partial charge in [0.2, 0.25) is 0 Å². The molecule has 1 aromatic heterocycles. The summed E-state index contributed by atoms with van der Waals surface area (Å²) in [7, 11) is 0. The number of imidazole rings is 1. The molecular weight excluding hydrogens is 231 g/mol. The highest BCUT2D eigenvalue weighted by atomic mass is 127. The van der Waals surface area contributed by atoms with Gasteiger partial charge in [0.1, 0.15) is 12.1 Å². The molecule has 0 amide bonds. The van der Waals surface area contributed by atoms with Crippen molar-refractivity contribution >= 4 is 29.2 Å². The molecule has 0 fully saturated rings. The van der Waals surface area contributed by atoms with Gasteiger partial charge in [-0.2, -0.15) is 0 Å². The topological polar surface area (TPSA) is 34.9 Å². The van der Waals surface area contributed by atoms with E-state index in [0.29, 0.717) is 6.42 Å². The lowest BCUT2D eigenvalue weighted by Crippen LogP contribution is -1.91. The van der Waals surface area contributed by atoms with Gasteiger partial charge < -0.3 is 4.79 Å². The number of nitrogens with zero attached hydrogens (tertiary/aromatic N) is 2. The summed E-state index contributed by atoms with van der Waals surface area (Å²) < 4.78 is 1.80. The number of halogens is 1. The third-order valence-electron chi connectivity index (χ3n) is 0.934. The molecule has 3 nitrogen and oxygen atoms in total. The molecule has 1 aromatic rings. The molecule has 0 aliphatic carbocycles. The number of aldehydes is 1. The summed E-state index contributed by atoms with van der Waals surface area (Å²) in [6, 6.07) is 0. The zero-order chi connectivity index (χ0) is 6.69. The molecule has 0 N–H and O–H groups in total. The van der Waals surface area contributed by atoms with Crippen molar-refractivity contribution in [2.45, 2.75) is 6.42 Å². The highest BCUT2D eigenvalue weighted by Crippen LogP contribution is 2.00. The second kappa shape index (κ2) is 2.95. The van der Waals surface area contributed by atoms with Crippen LogP contribution in [0.15, 0.2) is 12.4 Å². The first kappa shape index (κ1) is 6.73. The number of hydrogen-bond acceptors (Lipinski definition) is 2. The van der Waals surface area contributed by atoms with E-state index in [0.717, 1.165) is 12.1 Å². The van der Waals surface area contributed by atoms with Gasteiger partial charge in [-0.1, -0.05) is 0 Å². The average Bonchev–Trinajstić information content (AvgIpc) is 2.18. The Morgan fingerprint density at radius 3 is 3.11 bits per heavy atom. The standard InChI is InChI=1S/C5H5IN2O/c6-8-3-2-7-5(8)1-4-9/h2-4H,1H2. The fourth-order valence-electron chi connectivity index (χ4n) is 0.534. The molecule has 0 aliphatic heterocycles. The summed E-state index contributed by atoms with van der Waals surface area (Å²) in [5, 5.41) is 0. The maximum Gasteiger partial charge on any atom is 0.127 e. The third kappa shape index (κ3) is 1.51. The van der Waals surface area contributed by atoms with E-state index in [9.17, 15) is 4.79 Å². The minimum absolute atomic E-state index is 0.399. The number of aromatic nitrogens is 2. The number of carbonyl (C=O) groups is 1. The first-order chi connectivity index (χ1) is 4.34. The van der Waals surface area contributed by atoms with Crippen molar-refractivity contribution in [1.29, 1.82) is 0 Å². The van der Waals surface area contributed by atoms with Gasteiger partial charge in [-0.25, -0.2) is 4.98 Å². The first-order valence-electron chi connectivity index (χ1n) is 2.46. The minimum Gasteiger partial charge on any atom is -0.303 e. The third-order valence-corrected chi connectivity index (χ3v) is 1.81. The van der Waals surface area contributed by atoms with Crippen LogP contribution in [0.1, 0.15) is 5.82 Å². The Labute approximate surface area is 66.6 Å². The molecule has 0 spiro atoms. The summed E-state index contributed by atoms with van der Waals surface area (Å²) in [6.45, 7) is 0. The Balaban J connectivity index is 2.80. The zero-order valence-corrected chi connectivity index (χ0v) is 6.78. The predicted octanol–water partition coefficient (Wildman–Crippen LogP) is 0.823. The normalized spacial score (nSPS) is 9.44. The van der Waals surface area contributed by atoms with Crippen LogP contribution >= 0.6 is 22.9 Å². The number of rotatable bonds is 2. The van der Waals surface area contributed by atoms with Crippen molar-refractivity contribution < 1.29 is 4.79 Å². The Hall–Kier alpha value is -0.390. The quantitative estimate of drug-likeness (QED) is 0.562. The van der Waals surface area contributed by atoms with Gasteiger partial charge in [0.05, 0.1) is 29.3 Å². The van der Waals surface area contributed by atoms with Gasteiger partial charge in [0.15, 0.2) is 0 Å². The molecule has 0 aromatic carbocycles. The second-order valence-corrected chi connectivity index (χ2v) is 2.56. The van der Waals surface area contributed by atoms with E-state index in [1.165, 1.54) is 0 Å². The molecular formula is C5H5IN2O. The van der Waals surface area contributed by atoms with Crippen LogP contribution in [0.2, 0.25) is 0 Å². The van der Waals surface area contributed by atoms with Gasteiger partial charge in [0.25, 0.3) is 0 Å². The van der Waals surface area contributed by atoms with Gasteiger partial charge in [0, 0.05) is 12.4 Å². The van der Waals surface area contributed by atoms with Crippen molar-refractivity contribution in [3.63, 3.8) is 0 Å². The molecule has 0 atom stereocenters. The van der Waals surface area contributed by atoms with Gasteiger partial charge in [-0.3, -0.25) is 2.78 Å². The van der Waals surface area contributed by atoms with E-state index in [1.54, 1.807) is 15.2 Å². The summed E-state index contributed by atoms with van der Waals surface area (Å²) in [6.07, 6.45) is 4.72. The molecule has 0 radical (unpaired) electrons. The highest BCUT2D eigenvalue weighted by molar-refractivity contribution is 14.1. The SMILES string of the molecule is O=CCc1nccn1I. The maximum atomic E-state index is 9.97. The monoisotopic (exact) mass is 236 g/mol. The molecule has 0 saturated carbocycles. The molecule has 0 bridgehead atoms. The van der Waals surface area contributed by atoms with Crippen LogP contribution in [0.3, 0.4) is 0 Å².